The lowest BCUT2D eigenvalue weighted by molar-refractivity contribution is 0.0939. The molecule has 0 saturated heterocycles. The Balaban J connectivity index is 2.15. The van der Waals surface area contributed by atoms with Gasteiger partial charge in [-0.3, -0.25) is 9.78 Å². The highest BCUT2D eigenvalue weighted by molar-refractivity contribution is 9.09. The lowest BCUT2D eigenvalue weighted by Gasteiger charge is -2.17. The number of hydrogen-bond acceptors (Lipinski definition) is 3. The number of nitrogens with zero attached hydrogens (tertiary/aromatic N) is 3. The number of fused-ring (bicyclic) bond motifs is 1. The zero-order chi connectivity index (χ0) is 13.8. The minimum absolute atomic E-state index is 0.104. The molecule has 0 bridgehead atoms. The van der Waals surface area contributed by atoms with Crippen LogP contribution in [0, 0.1) is 5.92 Å². The van der Waals surface area contributed by atoms with Crippen LogP contribution in [0.25, 0.3) is 5.52 Å². The van der Waals surface area contributed by atoms with Crippen LogP contribution in [0.15, 0.2) is 24.8 Å². The molecule has 0 fully saturated rings. The minimum Gasteiger partial charge on any atom is -0.348 e. The number of amides is 1. The standard InChI is InChI=1S/C13H17BrN4O/c1-9(2)5-10(6-14)17-13(19)11-7-16-18-4-3-15-8-12(11)18/h3-4,7-10H,5-6H2,1-2H3,(H,17,19). The van der Waals surface area contributed by atoms with Gasteiger partial charge in [-0.25, -0.2) is 4.52 Å². The number of alkyl halides is 1. The maximum Gasteiger partial charge on any atom is 0.255 e. The molecule has 2 heterocycles. The zero-order valence-electron chi connectivity index (χ0n) is 11.0. The summed E-state index contributed by atoms with van der Waals surface area (Å²) in [4.78, 5) is 16.3. The number of aromatic nitrogens is 3. The molecule has 0 radical (unpaired) electrons. The number of carbonyl (C=O) groups excluding carboxylic acids is 1. The van der Waals surface area contributed by atoms with Crippen LogP contribution in [0.2, 0.25) is 0 Å². The fourth-order valence-electron chi connectivity index (χ4n) is 2.00. The molecule has 0 aliphatic carbocycles. The van der Waals surface area contributed by atoms with Gasteiger partial charge in [-0.15, -0.1) is 0 Å². The summed E-state index contributed by atoms with van der Waals surface area (Å²) < 4.78 is 1.65. The van der Waals surface area contributed by atoms with E-state index in [9.17, 15) is 4.79 Å². The van der Waals surface area contributed by atoms with Crippen molar-refractivity contribution >= 4 is 27.4 Å². The molecule has 6 heteroatoms. The molecule has 2 aromatic heterocycles. The first-order valence-electron chi connectivity index (χ1n) is 6.26. The Bertz CT molecular complexity index is 567. The van der Waals surface area contributed by atoms with Crippen LogP contribution >= 0.6 is 15.9 Å². The normalized spacial score (nSPS) is 12.8. The van der Waals surface area contributed by atoms with E-state index in [-0.39, 0.29) is 11.9 Å². The van der Waals surface area contributed by atoms with Crippen molar-refractivity contribution in [3.8, 4) is 0 Å². The first-order chi connectivity index (χ1) is 9.11. The van der Waals surface area contributed by atoms with E-state index < -0.39 is 0 Å². The van der Waals surface area contributed by atoms with Crippen LogP contribution in [-0.4, -0.2) is 31.9 Å². The fourth-order valence-corrected chi connectivity index (χ4v) is 2.43. The molecule has 0 aromatic carbocycles. The highest BCUT2D eigenvalue weighted by Gasteiger charge is 2.17. The monoisotopic (exact) mass is 324 g/mol. The number of nitrogens with one attached hydrogen (secondary N) is 1. The molecule has 0 saturated carbocycles. The summed E-state index contributed by atoms with van der Waals surface area (Å²) in [6.45, 7) is 4.28. The van der Waals surface area contributed by atoms with E-state index in [4.69, 9.17) is 0 Å². The van der Waals surface area contributed by atoms with Gasteiger partial charge in [-0.2, -0.15) is 5.10 Å². The van der Waals surface area contributed by atoms with Crippen LogP contribution < -0.4 is 5.32 Å². The summed E-state index contributed by atoms with van der Waals surface area (Å²) in [5.74, 6) is 0.432. The Morgan fingerprint density at radius 2 is 2.26 bits per heavy atom. The summed E-state index contributed by atoms with van der Waals surface area (Å²) in [7, 11) is 0. The van der Waals surface area contributed by atoms with Gasteiger partial charge in [0.05, 0.1) is 23.5 Å². The van der Waals surface area contributed by atoms with Crippen molar-refractivity contribution < 1.29 is 4.79 Å². The van der Waals surface area contributed by atoms with Gasteiger partial charge < -0.3 is 5.32 Å². The van der Waals surface area contributed by atoms with Crippen LogP contribution in [0.1, 0.15) is 30.6 Å². The average Bonchev–Trinajstić information content (AvgIpc) is 2.81. The van der Waals surface area contributed by atoms with Gasteiger partial charge >= 0.3 is 0 Å². The lowest BCUT2D eigenvalue weighted by Crippen LogP contribution is -2.37. The van der Waals surface area contributed by atoms with Gasteiger partial charge in [0.25, 0.3) is 5.91 Å². The maximum absolute atomic E-state index is 12.3. The second-order valence-electron chi connectivity index (χ2n) is 4.92. The Hall–Kier alpha value is -1.43. The predicted octanol–water partition coefficient (Wildman–Crippen LogP) is 2.27. The molecule has 0 spiro atoms. The van der Waals surface area contributed by atoms with Crippen molar-refractivity contribution in [1.29, 1.82) is 0 Å². The van der Waals surface area contributed by atoms with Crippen molar-refractivity contribution in [3.05, 3.63) is 30.4 Å². The highest BCUT2D eigenvalue weighted by atomic mass is 79.9. The third-order valence-corrected chi connectivity index (χ3v) is 3.63. The molecule has 0 aliphatic heterocycles. The van der Waals surface area contributed by atoms with Crippen LogP contribution in [-0.2, 0) is 0 Å². The van der Waals surface area contributed by atoms with Crippen molar-refractivity contribution in [2.24, 2.45) is 5.92 Å². The Morgan fingerprint density at radius 3 is 2.95 bits per heavy atom. The number of rotatable bonds is 5. The maximum atomic E-state index is 12.3. The molecule has 102 valence electrons. The molecule has 1 N–H and O–H groups in total. The van der Waals surface area contributed by atoms with Crippen molar-refractivity contribution in [2.45, 2.75) is 26.3 Å². The van der Waals surface area contributed by atoms with Gasteiger partial charge in [0, 0.05) is 23.8 Å². The average molecular weight is 325 g/mol. The topological polar surface area (TPSA) is 59.3 Å². The van der Waals surface area contributed by atoms with E-state index in [0.717, 1.165) is 17.3 Å². The predicted molar refractivity (Wildman–Crippen MR) is 77.5 cm³/mol. The highest BCUT2D eigenvalue weighted by Crippen LogP contribution is 2.11. The smallest absolute Gasteiger partial charge is 0.255 e. The third-order valence-electron chi connectivity index (χ3n) is 2.85. The molecule has 1 unspecified atom stereocenters. The first-order valence-corrected chi connectivity index (χ1v) is 7.38. The van der Waals surface area contributed by atoms with Crippen LogP contribution in [0.4, 0.5) is 0 Å². The molecule has 2 aromatic rings. The number of carbonyl (C=O) groups is 1. The van der Waals surface area contributed by atoms with Gasteiger partial charge in [-0.1, -0.05) is 29.8 Å². The Kier molecular flexibility index (Phi) is 4.52. The second kappa shape index (κ2) is 6.14. The van der Waals surface area contributed by atoms with E-state index in [1.54, 1.807) is 29.3 Å². The van der Waals surface area contributed by atoms with E-state index in [2.05, 4.69) is 45.2 Å². The van der Waals surface area contributed by atoms with Crippen molar-refractivity contribution in [2.75, 3.05) is 5.33 Å². The van der Waals surface area contributed by atoms with Crippen LogP contribution in [0.3, 0.4) is 0 Å². The van der Waals surface area contributed by atoms with E-state index in [1.807, 2.05) is 0 Å². The molecule has 0 aliphatic rings. The van der Waals surface area contributed by atoms with E-state index >= 15 is 0 Å². The zero-order valence-corrected chi connectivity index (χ0v) is 12.6. The minimum atomic E-state index is -0.104. The van der Waals surface area contributed by atoms with Gasteiger partial charge in [0.1, 0.15) is 0 Å². The second-order valence-corrected chi connectivity index (χ2v) is 5.57. The van der Waals surface area contributed by atoms with Crippen LogP contribution in [0.5, 0.6) is 0 Å². The van der Waals surface area contributed by atoms with E-state index in [0.29, 0.717) is 11.5 Å². The number of halogens is 1. The quantitative estimate of drug-likeness (QED) is 0.858. The molecule has 1 amide bonds. The van der Waals surface area contributed by atoms with Gasteiger partial charge in [0.15, 0.2) is 0 Å². The number of hydrogen-bond donors (Lipinski definition) is 1. The summed E-state index contributed by atoms with van der Waals surface area (Å²) in [6.07, 6.45) is 7.53. The Morgan fingerprint density at radius 1 is 1.47 bits per heavy atom. The molecular formula is C13H17BrN4O. The largest absolute Gasteiger partial charge is 0.348 e. The molecule has 19 heavy (non-hydrogen) atoms. The first kappa shape index (κ1) is 14.0. The van der Waals surface area contributed by atoms with Gasteiger partial charge in [0.2, 0.25) is 0 Å². The van der Waals surface area contributed by atoms with Crippen molar-refractivity contribution in [1.82, 2.24) is 19.9 Å². The SMILES string of the molecule is CC(C)CC(CBr)NC(=O)c1cnn2ccncc12. The molecular weight excluding hydrogens is 308 g/mol. The third kappa shape index (κ3) is 3.32. The molecule has 5 nitrogen and oxygen atoms in total. The summed E-state index contributed by atoms with van der Waals surface area (Å²) in [6, 6.07) is 0.124. The summed E-state index contributed by atoms with van der Waals surface area (Å²) in [5.41, 5.74) is 1.28. The lowest BCUT2D eigenvalue weighted by atomic mass is 10.1. The summed E-state index contributed by atoms with van der Waals surface area (Å²) in [5, 5.41) is 7.91. The van der Waals surface area contributed by atoms with Gasteiger partial charge in [-0.05, 0) is 12.3 Å². The van der Waals surface area contributed by atoms with Crippen molar-refractivity contribution in [3.63, 3.8) is 0 Å². The van der Waals surface area contributed by atoms with E-state index in [1.165, 1.54) is 0 Å². The fraction of sp³-hybridized carbons (Fsp3) is 0.462. The summed E-state index contributed by atoms with van der Waals surface area (Å²) >= 11 is 3.44. The molecule has 1 atom stereocenters. The molecule has 2 rings (SSSR count). The Labute approximate surface area is 120 Å².